The van der Waals surface area contributed by atoms with Crippen LogP contribution in [0.5, 0.6) is 0 Å². The lowest BCUT2D eigenvalue weighted by atomic mass is 10.1. The highest BCUT2D eigenvalue weighted by molar-refractivity contribution is 7.80. The molecule has 0 saturated carbocycles. The molecule has 1 saturated heterocycles. The normalized spacial score (nSPS) is 22.1. The second-order valence-electron chi connectivity index (χ2n) is 3.84. The molecule has 16 heavy (non-hydrogen) atoms. The summed E-state index contributed by atoms with van der Waals surface area (Å²) in [6.45, 7) is 3.76. The van der Waals surface area contributed by atoms with Gasteiger partial charge in [-0.2, -0.15) is 0 Å². The molecule has 2 heterocycles. The number of nitrogens with zero attached hydrogens (tertiary/aromatic N) is 2. The van der Waals surface area contributed by atoms with Gasteiger partial charge < -0.3 is 5.32 Å². The number of pyridine rings is 1. The number of thiocarbonyl (C=S) groups is 1. The molecule has 1 fully saturated rings. The Kier molecular flexibility index (Phi) is 2.87. The van der Waals surface area contributed by atoms with Crippen molar-refractivity contribution in [3.63, 3.8) is 0 Å². The van der Waals surface area contributed by atoms with Crippen molar-refractivity contribution in [1.82, 2.24) is 15.2 Å². The molecular formula is C11H13N3OS. The first kappa shape index (κ1) is 11.0. The van der Waals surface area contributed by atoms with E-state index in [0.29, 0.717) is 5.11 Å². The minimum Gasteiger partial charge on any atom is -0.351 e. The predicted octanol–water partition coefficient (Wildman–Crippen LogP) is 1.25. The van der Waals surface area contributed by atoms with Gasteiger partial charge in [-0.3, -0.25) is 14.7 Å². The van der Waals surface area contributed by atoms with Crippen LogP contribution in [0.2, 0.25) is 0 Å². The third-order valence-electron chi connectivity index (χ3n) is 2.72. The number of amides is 1. The van der Waals surface area contributed by atoms with Crippen LogP contribution in [-0.4, -0.2) is 26.9 Å². The molecular weight excluding hydrogens is 222 g/mol. The van der Waals surface area contributed by atoms with Crippen molar-refractivity contribution >= 4 is 23.2 Å². The second kappa shape index (κ2) is 4.17. The summed E-state index contributed by atoms with van der Waals surface area (Å²) in [4.78, 5) is 17.5. The topological polar surface area (TPSA) is 45.2 Å². The largest absolute Gasteiger partial charge is 0.351 e. The molecule has 1 N–H and O–H groups in total. The fraction of sp³-hybridized carbons (Fsp3) is 0.364. The van der Waals surface area contributed by atoms with Gasteiger partial charge in [-0.15, -0.1) is 0 Å². The molecule has 1 aromatic heterocycles. The summed E-state index contributed by atoms with van der Waals surface area (Å²) in [5.74, 6) is 0.0151. The second-order valence-corrected chi connectivity index (χ2v) is 4.23. The van der Waals surface area contributed by atoms with E-state index in [1.807, 2.05) is 26.0 Å². The molecule has 0 bridgehead atoms. The maximum atomic E-state index is 11.9. The van der Waals surface area contributed by atoms with Crippen LogP contribution in [0.4, 0.5) is 0 Å². The van der Waals surface area contributed by atoms with Crippen molar-refractivity contribution in [2.45, 2.75) is 25.9 Å². The molecule has 0 unspecified atom stereocenters. The van der Waals surface area contributed by atoms with Gasteiger partial charge in [-0.25, -0.2) is 0 Å². The van der Waals surface area contributed by atoms with Crippen LogP contribution in [0, 0.1) is 0 Å². The summed E-state index contributed by atoms with van der Waals surface area (Å²) in [6.07, 6.45) is 3.46. The quantitative estimate of drug-likeness (QED) is 0.784. The first-order chi connectivity index (χ1) is 7.61. The van der Waals surface area contributed by atoms with E-state index in [1.54, 1.807) is 17.3 Å². The van der Waals surface area contributed by atoms with Crippen LogP contribution in [0.25, 0.3) is 0 Å². The van der Waals surface area contributed by atoms with Gasteiger partial charge in [-0.1, -0.05) is 6.07 Å². The number of rotatable bonds is 2. The highest BCUT2D eigenvalue weighted by Crippen LogP contribution is 2.23. The van der Waals surface area contributed by atoms with Gasteiger partial charge in [-0.05, 0) is 37.7 Å². The summed E-state index contributed by atoms with van der Waals surface area (Å²) >= 11 is 5.14. The zero-order valence-electron chi connectivity index (χ0n) is 9.18. The molecule has 2 atom stereocenters. The van der Waals surface area contributed by atoms with Gasteiger partial charge in [0.1, 0.15) is 6.04 Å². The van der Waals surface area contributed by atoms with Gasteiger partial charge in [0.2, 0.25) is 0 Å². The Balaban J connectivity index is 2.26. The van der Waals surface area contributed by atoms with Crippen LogP contribution < -0.4 is 5.32 Å². The van der Waals surface area contributed by atoms with Crippen molar-refractivity contribution in [3.8, 4) is 0 Å². The van der Waals surface area contributed by atoms with E-state index in [2.05, 4.69) is 10.3 Å². The molecule has 4 nitrogen and oxygen atoms in total. The van der Waals surface area contributed by atoms with Gasteiger partial charge in [0, 0.05) is 12.4 Å². The zero-order valence-corrected chi connectivity index (χ0v) is 9.99. The lowest BCUT2D eigenvalue weighted by molar-refractivity contribution is -0.128. The molecule has 1 aliphatic heterocycles. The monoisotopic (exact) mass is 235 g/mol. The lowest BCUT2D eigenvalue weighted by Crippen LogP contribution is -2.33. The average Bonchev–Trinajstić information content (AvgIpc) is 2.54. The first-order valence-electron chi connectivity index (χ1n) is 5.14. The SMILES string of the molecule is C[C@@H]1NC(=S)N([C@@H](C)c2cccnc2)C1=O. The smallest absolute Gasteiger partial charge is 0.251 e. The first-order valence-corrected chi connectivity index (χ1v) is 5.55. The summed E-state index contributed by atoms with van der Waals surface area (Å²) < 4.78 is 0. The molecule has 84 valence electrons. The number of hydrogen-bond acceptors (Lipinski definition) is 3. The van der Waals surface area contributed by atoms with Crippen molar-refractivity contribution < 1.29 is 4.79 Å². The summed E-state index contributed by atoms with van der Waals surface area (Å²) in [5.41, 5.74) is 0.981. The van der Waals surface area contributed by atoms with E-state index in [4.69, 9.17) is 12.2 Å². The van der Waals surface area contributed by atoms with E-state index >= 15 is 0 Å². The maximum Gasteiger partial charge on any atom is 0.251 e. The Morgan fingerprint density at radius 1 is 1.62 bits per heavy atom. The number of aromatic nitrogens is 1. The van der Waals surface area contributed by atoms with Crippen LogP contribution >= 0.6 is 12.2 Å². The van der Waals surface area contributed by atoms with E-state index in [9.17, 15) is 4.79 Å². The number of nitrogens with one attached hydrogen (secondary N) is 1. The molecule has 1 aliphatic rings. The number of carbonyl (C=O) groups is 1. The van der Waals surface area contributed by atoms with Crippen molar-refractivity contribution in [1.29, 1.82) is 0 Å². The van der Waals surface area contributed by atoms with E-state index in [-0.39, 0.29) is 18.0 Å². The standard InChI is InChI=1S/C11H13N3OS/c1-7-10(15)14(11(16)13-7)8(2)9-4-3-5-12-6-9/h3-8H,1-2H3,(H,13,16)/t7-,8-/m0/s1. The predicted molar refractivity (Wildman–Crippen MR) is 64.7 cm³/mol. The Hall–Kier alpha value is -1.49. The van der Waals surface area contributed by atoms with Gasteiger partial charge in [0.25, 0.3) is 5.91 Å². The zero-order chi connectivity index (χ0) is 11.7. The van der Waals surface area contributed by atoms with E-state index in [0.717, 1.165) is 5.56 Å². The van der Waals surface area contributed by atoms with Gasteiger partial charge >= 0.3 is 0 Å². The Morgan fingerprint density at radius 2 is 2.38 bits per heavy atom. The summed E-state index contributed by atoms with van der Waals surface area (Å²) in [7, 11) is 0. The van der Waals surface area contributed by atoms with Gasteiger partial charge in [0.05, 0.1) is 6.04 Å². The van der Waals surface area contributed by atoms with Crippen LogP contribution in [0.3, 0.4) is 0 Å². The fourth-order valence-corrected chi connectivity index (χ4v) is 2.19. The number of hydrogen-bond donors (Lipinski definition) is 1. The van der Waals surface area contributed by atoms with E-state index in [1.165, 1.54) is 0 Å². The summed E-state index contributed by atoms with van der Waals surface area (Å²) in [6, 6.07) is 3.49. The lowest BCUT2D eigenvalue weighted by Gasteiger charge is -2.23. The van der Waals surface area contributed by atoms with Crippen molar-refractivity contribution in [3.05, 3.63) is 30.1 Å². The molecule has 0 spiro atoms. The molecule has 5 heteroatoms. The molecule has 1 amide bonds. The van der Waals surface area contributed by atoms with Crippen molar-refractivity contribution in [2.75, 3.05) is 0 Å². The fourth-order valence-electron chi connectivity index (χ4n) is 1.76. The number of carbonyl (C=O) groups excluding carboxylic acids is 1. The van der Waals surface area contributed by atoms with Crippen molar-refractivity contribution in [2.24, 2.45) is 0 Å². The van der Waals surface area contributed by atoms with Crippen LogP contribution in [0.15, 0.2) is 24.5 Å². The highest BCUT2D eigenvalue weighted by Gasteiger charge is 2.35. The van der Waals surface area contributed by atoms with E-state index < -0.39 is 0 Å². The van der Waals surface area contributed by atoms with Crippen LogP contribution in [-0.2, 0) is 4.79 Å². The Bertz CT molecular complexity index is 420. The molecule has 0 aromatic carbocycles. The Morgan fingerprint density at radius 3 is 2.88 bits per heavy atom. The third-order valence-corrected chi connectivity index (χ3v) is 3.04. The van der Waals surface area contributed by atoms with Crippen LogP contribution in [0.1, 0.15) is 25.5 Å². The average molecular weight is 235 g/mol. The Labute approximate surface area is 99.7 Å². The minimum atomic E-state index is -0.230. The molecule has 0 radical (unpaired) electrons. The maximum absolute atomic E-state index is 11.9. The molecule has 2 rings (SSSR count). The minimum absolute atomic E-state index is 0.0151. The van der Waals surface area contributed by atoms with Gasteiger partial charge in [0.15, 0.2) is 5.11 Å². The summed E-state index contributed by atoms with van der Waals surface area (Å²) in [5, 5.41) is 3.45. The highest BCUT2D eigenvalue weighted by atomic mass is 32.1. The third kappa shape index (κ3) is 1.78. The molecule has 1 aromatic rings. The molecule has 0 aliphatic carbocycles.